The predicted octanol–water partition coefficient (Wildman–Crippen LogP) is 20.4. The van der Waals surface area contributed by atoms with Crippen molar-refractivity contribution in [1.29, 1.82) is 0 Å². The molecular formula is C71H138O17P2. The molecule has 2 unspecified atom stereocenters. The van der Waals surface area contributed by atoms with Crippen LogP contribution < -0.4 is 0 Å². The van der Waals surface area contributed by atoms with Crippen LogP contribution in [0, 0.1) is 11.8 Å². The van der Waals surface area contributed by atoms with E-state index in [-0.39, 0.29) is 25.7 Å². The molecule has 0 aliphatic heterocycles. The van der Waals surface area contributed by atoms with E-state index >= 15 is 0 Å². The molecule has 0 aliphatic rings. The molecule has 0 aliphatic carbocycles. The van der Waals surface area contributed by atoms with E-state index in [1.807, 2.05) is 0 Å². The van der Waals surface area contributed by atoms with Crippen LogP contribution in [0.15, 0.2) is 0 Å². The molecule has 0 aromatic rings. The number of phosphoric ester groups is 2. The lowest BCUT2D eigenvalue weighted by Crippen LogP contribution is -2.30. The second kappa shape index (κ2) is 63.1. The van der Waals surface area contributed by atoms with Gasteiger partial charge in [-0.2, -0.15) is 0 Å². The third kappa shape index (κ3) is 64.8. The molecule has 0 aromatic heterocycles. The van der Waals surface area contributed by atoms with Crippen LogP contribution in [-0.2, 0) is 65.4 Å². The molecule has 0 spiro atoms. The number of carbonyl (C=O) groups excluding carboxylic acids is 4. The molecule has 0 amide bonds. The quantitative estimate of drug-likeness (QED) is 0.0222. The number of esters is 4. The first-order chi connectivity index (χ1) is 43.4. The summed E-state index contributed by atoms with van der Waals surface area (Å²) in [6.07, 6.45) is 48.5. The fourth-order valence-electron chi connectivity index (χ4n) is 10.8. The van der Waals surface area contributed by atoms with Gasteiger partial charge in [-0.05, 0) is 37.5 Å². The van der Waals surface area contributed by atoms with Crippen molar-refractivity contribution in [3.8, 4) is 0 Å². The molecule has 534 valence electrons. The Balaban J connectivity index is 5.23. The molecule has 5 atom stereocenters. The van der Waals surface area contributed by atoms with E-state index in [2.05, 4.69) is 41.5 Å². The van der Waals surface area contributed by atoms with E-state index < -0.39 is 97.5 Å². The first-order valence-electron chi connectivity index (χ1n) is 37.0. The lowest BCUT2D eigenvalue weighted by atomic mass is 10.0. The lowest BCUT2D eigenvalue weighted by Gasteiger charge is -2.21. The number of rotatable bonds is 70. The van der Waals surface area contributed by atoms with Gasteiger partial charge in [-0.1, -0.05) is 311 Å². The first-order valence-corrected chi connectivity index (χ1v) is 40.0. The first kappa shape index (κ1) is 88.1. The van der Waals surface area contributed by atoms with Gasteiger partial charge < -0.3 is 33.8 Å². The number of hydrogen-bond donors (Lipinski definition) is 3. The number of phosphoric acid groups is 2. The molecule has 0 fully saturated rings. The molecule has 0 rings (SSSR count). The molecule has 3 N–H and O–H groups in total. The zero-order chi connectivity index (χ0) is 66.5. The van der Waals surface area contributed by atoms with Crippen molar-refractivity contribution < 1.29 is 80.2 Å². The zero-order valence-electron chi connectivity index (χ0n) is 58.4. The number of carbonyl (C=O) groups is 4. The van der Waals surface area contributed by atoms with Gasteiger partial charge >= 0.3 is 39.5 Å². The third-order valence-electron chi connectivity index (χ3n) is 16.5. The van der Waals surface area contributed by atoms with Gasteiger partial charge in [0.2, 0.25) is 0 Å². The molecular weight excluding hydrogens is 1190 g/mol. The Labute approximate surface area is 549 Å². The van der Waals surface area contributed by atoms with Crippen LogP contribution in [0.1, 0.15) is 363 Å². The van der Waals surface area contributed by atoms with Gasteiger partial charge in [0.1, 0.15) is 19.3 Å². The molecule has 0 saturated carbocycles. The Morgan fingerprint density at radius 2 is 0.511 bits per heavy atom. The standard InChI is InChI=1S/C71H138O17P2/c1-7-9-11-13-15-17-18-25-31-37-43-49-55-70(75)87-66(59-81-68(73)53-47-41-35-16-14-12-10-8-2)61-85-89(77,78)83-57-65(72)58-84-90(79,80)86-62-67(60-82-69(74)54-48-42-36-30-27-22-24-29-34-40-46-52-64(5)6)88-71(76)56-50-44-38-32-26-21-19-20-23-28-33-39-45-51-63(3)4/h63-67,72H,7-62H2,1-6H3,(H,77,78)(H,79,80)/t65-,66+,67+/m0/s1. The maximum absolute atomic E-state index is 13.0. The Hall–Kier alpha value is -1.94. The number of unbranched alkanes of at least 4 members (excludes halogenated alkanes) is 40. The topological polar surface area (TPSA) is 237 Å². The van der Waals surface area contributed by atoms with Crippen molar-refractivity contribution in [1.82, 2.24) is 0 Å². The number of hydrogen-bond acceptors (Lipinski definition) is 15. The summed E-state index contributed by atoms with van der Waals surface area (Å²) in [5.41, 5.74) is 0. The lowest BCUT2D eigenvalue weighted by molar-refractivity contribution is -0.161. The summed E-state index contributed by atoms with van der Waals surface area (Å²) >= 11 is 0. The van der Waals surface area contributed by atoms with E-state index in [1.54, 1.807) is 0 Å². The Morgan fingerprint density at radius 3 is 0.756 bits per heavy atom. The van der Waals surface area contributed by atoms with E-state index in [0.717, 1.165) is 108 Å². The minimum absolute atomic E-state index is 0.107. The Kier molecular flexibility index (Phi) is 61.8. The highest BCUT2D eigenvalue weighted by Crippen LogP contribution is 2.45. The van der Waals surface area contributed by atoms with Crippen LogP contribution in [0.2, 0.25) is 0 Å². The van der Waals surface area contributed by atoms with E-state index in [4.69, 9.17) is 37.0 Å². The summed E-state index contributed by atoms with van der Waals surface area (Å²) in [5.74, 6) is -0.566. The maximum Gasteiger partial charge on any atom is 0.472 e. The van der Waals surface area contributed by atoms with E-state index in [0.29, 0.717) is 25.7 Å². The number of ether oxygens (including phenoxy) is 4. The van der Waals surface area contributed by atoms with Gasteiger partial charge in [-0.25, -0.2) is 9.13 Å². The van der Waals surface area contributed by atoms with Gasteiger partial charge in [0.05, 0.1) is 26.4 Å². The molecule has 90 heavy (non-hydrogen) atoms. The molecule has 0 bridgehead atoms. The van der Waals surface area contributed by atoms with Crippen molar-refractivity contribution in [3.63, 3.8) is 0 Å². The molecule has 0 radical (unpaired) electrons. The van der Waals surface area contributed by atoms with Crippen molar-refractivity contribution in [2.45, 2.75) is 381 Å². The number of aliphatic hydroxyl groups excluding tert-OH is 1. The maximum atomic E-state index is 13.0. The fourth-order valence-corrected chi connectivity index (χ4v) is 12.3. The van der Waals surface area contributed by atoms with Crippen molar-refractivity contribution >= 4 is 39.5 Å². The van der Waals surface area contributed by atoms with Crippen LogP contribution >= 0.6 is 15.6 Å². The predicted molar refractivity (Wildman–Crippen MR) is 363 cm³/mol. The van der Waals surface area contributed by atoms with Gasteiger partial charge in [0.15, 0.2) is 12.2 Å². The SMILES string of the molecule is CCCCCCCCCCCCCCC(=O)O[C@H](COC(=O)CCCCCCCCCC)COP(=O)(O)OC[C@H](O)COP(=O)(O)OC[C@@H](COC(=O)CCCCCCCCCCCCCC(C)C)OC(=O)CCCCCCCCCCCCCCCC(C)C. The van der Waals surface area contributed by atoms with Gasteiger partial charge in [-0.15, -0.1) is 0 Å². The minimum atomic E-state index is -4.95. The van der Waals surface area contributed by atoms with E-state index in [9.17, 15) is 43.2 Å². The largest absolute Gasteiger partial charge is 0.472 e. The summed E-state index contributed by atoms with van der Waals surface area (Å²) in [6.45, 7) is 9.55. The van der Waals surface area contributed by atoms with Crippen LogP contribution in [0.4, 0.5) is 0 Å². The van der Waals surface area contributed by atoms with Crippen LogP contribution in [0.25, 0.3) is 0 Å². The summed E-state index contributed by atoms with van der Waals surface area (Å²) in [4.78, 5) is 72.5. The normalized spacial score (nSPS) is 14.1. The van der Waals surface area contributed by atoms with E-state index in [1.165, 1.54) is 173 Å². The van der Waals surface area contributed by atoms with Crippen molar-refractivity contribution in [3.05, 3.63) is 0 Å². The zero-order valence-corrected chi connectivity index (χ0v) is 60.2. The monoisotopic (exact) mass is 1320 g/mol. The second-order valence-corrected chi connectivity index (χ2v) is 29.5. The molecule has 0 saturated heterocycles. The minimum Gasteiger partial charge on any atom is -0.462 e. The van der Waals surface area contributed by atoms with Crippen LogP contribution in [0.5, 0.6) is 0 Å². The average molecular weight is 1330 g/mol. The summed E-state index contributed by atoms with van der Waals surface area (Å²) < 4.78 is 68.3. The van der Waals surface area contributed by atoms with Gasteiger partial charge in [0, 0.05) is 25.7 Å². The highest BCUT2D eigenvalue weighted by Gasteiger charge is 2.30. The van der Waals surface area contributed by atoms with Crippen LogP contribution in [0.3, 0.4) is 0 Å². The van der Waals surface area contributed by atoms with Crippen molar-refractivity contribution in [2.75, 3.05) is 39.6 Å². The van der Waals surface area contributed by atoms with Gasteiger partial charge in [0.25, 0.3) is 0 Å². The Bertz CT molecular complexity index is 1750. The fraction of sp³-hybridized carbons (Fsp3) is 0.944. The van der Waals surface area contributed by atoms with Gasteiger partial charge in [-0.3, -0.25) is 37.3 Å². The summed E-state index contributed by atoms with van der Waals surface area (Å²) in [6, 6.07) is 0. The summed E-state index contributed by atoms with van der Waals surface area (Å²) in [5, 5.41) is 10.6. The average Bonchev–Trinajstić information content (AvgIpc) is 3.06. The molecule has 17 nitrogen and oxygen atoms in total. The van der Waals surface area contributed by atoms with Crippen molar-refractivity contribution in [2.24, 2.45) is 11.8 Å². The highest BCUT2D eigenvalue weighted by atomic mass is 31.2. The van der Waals surface area contributed by atoms with Crippen LogP contribution in [-0.4, -0.2) is 96.7 Å². The third-order valence-corrected chi connectivity index (χ3v) is 18.4. The summed E-state index contributed by atoms with van der Waals surface area (Å²) in [7, 11) is -9.90. The molecule has 0 heterocycles. The number of aliphatic hydroxyl groups is 1. The second-order valence-electron chi connectivity index (χ2n) is 26.6. The smallest absolute Gasteiger partial charge is 0.462 e. The Morgan fingerprint density at radius 1 is 0.300 bits per heavy atom. The molecule has 0 aromatic carbocycles. The molecule has 19 heteroatoms. The highest BCUT2D eigenvalue weighted by molar-refractivity contribution is 7.47.